The fourth-order valence-electron chi connectivity index (χ4n) is 3.59. The second kappa shape index (κ2) is 5.38. The van der Waals surface area contributed by atoms with Crippen LogP contribution in [0.1, 0.15) is 19.8 Å². The summed E-state index contributed by atoms with van der Waals surface area (Å²) in [6, 6.07) is 0.571. The first-order valence-electron chi connectivity index (χ1n) is 7.28. The number of nitrogens with zero attached hydrogens (tertiary/aromatic N) is 2. The van der Waals surface area contributed by atoms with Gasteiger partial charge in [-0.25, -0.2) is 0 Å². The van der Waals surface area contributed by atoms with E-state index in [2.05, 4.69) is 36.1 Å². The molecule has 3 atom stereocenters. The van der Waals surface area contributed by atoms with E-state index in [4.69, 9.17) is 5.73 Å². The monoisotopic (exact) mass is 268 g/mol. The smallest absolute Gasteiger partial charge is 0.239 e. The van der Waals surface area contributed by atoms with Gasteiger partial charge < -0.3 is 16.0 Å². The van der Waals surface area contributed by atoms with Gasteiger partial charge in [0.05, 0.1) is 0 Å². The maximum Gasteiger partial charge on any atom is 0.239 e. The van der Waals surface area contributed by atoms with Gasteiger partial charge in [-0.3, -0.25) is 9.69 Å². The summed E-state index contributed by atoms with van der Waals surface area (Å²) in [6.07, 6.45) is 2.23. The lowest BCUT2D eigenvalue weighted by Gasteiger charge is -2.34. The zero-order valence-corrected chi connectivity index (χ0v) is 12.6. The number of likely N-dealkylation sites (N-methyl/N-ethyl adjacent to an activating group) is 2. The molecule has 1 saturated heterocycles. The van der Waals surface area contributed by atoms with Crippen molar-refractivity contribution in [3.8, 4) is 0 Å². The Balaban J connectivity index is 2.05. The molecule has 1 heterocycles. The van der Waals surface area contributed by atoms with Crippen LogP contribution in [0.2, 0.25) is 0 Å². The largest absolute Gasteiger partial charge is 0.368 e. The molecule has 3 N–H and O–H groups in total. The number of carbonyl (C=O) groups excluding carboxylic acids is 1. The first-order chi connectivity index (χ1) is 8.90. The second-order valence-electron chi connectivity index (χ2n) is 6.56. The van der Waals surface area contributed by atoms with Crippen LogP contribution in [-0.2, 0) is 4.79 Å². The first-order valence-corrected chi connectivity index (χ1v) is 7.28. The van der Waals surface area contributed by atoms with Gasteiger partial charge in [-0.2, -0.15) is 0 Å². The predicted octanol–water partition coefficient (Wildman–Crippen LogP) is -0.278. The molecule has 2 fully saturated rings. The average molecular weight is 268 g/mol. The molecule has 110 valence electrons. The molecule has 0 spiro atoms. The molecular formula is C14H28N4O. The number of amides is 1. The van der Waals surface area contributed by atoms with E-state index in [9.17, 15) is 4.79 Å². The number of hydrogen-bond acceptors (Lipinski definition) is 4. The molecule has 0 aromatic carbocycles. The lowest BCUT2D eigenvalue weighted by molar-refractivity contribution is -0.126. The first kappa shape index (κ1) is 14.8. The van der Waals surface area contributed by atoms with Crippen LogP contribution in [0, 0.1) is 11.8 Å². The summed E-state index contributed by atoms with van der Waals surface area (Å²) in [5.41, 5.74) is 5.16. The summed E-state index contributed by atoms with van der Waals surface area (Å²) >= 11 is 0. The number of nitrogens with two attached hydrogens (primary N) is 1. The Morgan fingerprint density at radius 1 is 1.42 bits per heavy atom. The van der Waals surface area contributed by atoms with E-state index in [0.717, 1.165) is 32.5 Å². The van der Waals surface area contributed by atoms with Crippen molar-refractivity contribution < 1.29 is 4.79 Å². The minimum Gasteiger partial charge on any atom is -0.368 e. The SMILES string of the molecule is CNC(CN1CC(C)C(N(C)C)C1)(C(N)=O)C1CC1. The van der Waals surface area contributed by atoms with Crippen LogP contribution >= 0.6 is 0 Å². The highest BCUT2D eigenvalue weighted by Crippen LogP contribution is 2.40. The molecular weight excluding hydrogens is 240 g/mol. The minimum absolute atomic E-state index is 0.196. The minimum atomic E-state index is -0.527. The maximum absolute atomic E-state index is 11.9. The van der Waals surface area contributed by atoms with Crippen molar-refractivity contribution >= 4 is 5.91 Å². The van der Waals surface area contributed by atoms with Crippen LogP contribution in [0.15, 0.2) is 0 Å². The molecule has 2 rings (SSSR count). The highest BCUT2D eigenvalue weighted by atomic mass is 16.1. The van der Waals surface area contributed by atoms with Gasteiger partial charge in [0.25, 0.3) is 0 Å². The highest BCUT2D eigenvalue weighted by molar-refractivity contribution is 5.86. The summed E-state index contributed by atoms with van der Waals surface area (Å²) in [6.45, 7) is 5.11. The van der Waals surface area contributed by atoms with Gasteiger partial charge in [0, 0.05) is 25.7 Å². The molecule has 0 aromatic heterocycles. The van der Waals surface area contributed by atoms with Crippen LogP contribution in [0.3, 0.4) is 0 Å². The van der Waals surface area contributed by atoms with E-state index >= 15 is 0 Å². The molecule has 2 aliphatic rings. The van der Waals surface area contributed by atoms with Gasteiger partial charge in [0.15, 0.2) is 0 Å². The van der Waals surface area contributed by atoms with Gasteiger partial charge in [-0.05, 0) is 45.8 Å². The predicted molar refractivity (Wildman–Crippen MR) is 76.8 cm³/mol. The van der Waals surface area contributed by atoms with Crippen molar-refractivity contribution in [2.75, 3.05) is 40.8 Å². The summed E-state index contributed by atoms with van der Waals surface area (Å²) in [5.74, 6) is 0.860. The van der Waals surface area contributed by atoms with Crippen LogP contribution in [0.4, 0.5) is 0 Å². The molecule has 1 amide bonds. The zero-order chi connectivity index (χ0) is 14.2. The van der Waals surface area contributed by atoms with Gasteiger partial charge in [0.1, 0.15) is 5.54 Å². The van der Waals surface area contributed by atoms with Gasteiger partial charge in [-0.15, -0.1) is 0 Å². The fourth-order valence-corrected chi connectivity index (χ4v) is 3.59. The van der Waals surface area contributed by atoms with Crippen molar-refractivity contribution in [2.24, 2.45) is 17.6 Å². The average Bonchev–Trinajstić information content (AvgIpc) is 3.10. The summed E-state index contributed by atoms with van der Waals surface area (Å²) in [5, 5.41) is 3.23. The number of nitrogens with one attached hydrogen (secondary N) is 1. The van der Waals surface area contributed by atoms with Crippen molar-refractivity contribution in [2.45, 2.75) is 31.3 Å². The Morgan fingerprint density at radius 3 is 2.42 bits per heavy atom. The molecule has 5 nitrogen and oxygen atoms in total. The third-order valence-corrected chi connectivity index (χ3v) is 4.94. The Labute approximate surface area is 116 Å². The second-order valence-corrected chi connectivity index (χ2v) is 6.56. The number of hydrogen-bond donors (Lipinski definition) is 2. The quantitative estimate of drug-likeness (QED) is 0.696. The number of rotatable bonds is 6. The van der Waals surface area contributed by atoms with E-state index in [1.807, 2.05) is 7.05 Å². The van der Waals surface area contributed by atoms with Crippen LogP contribution in [-0.4, -0.2) is 68.1 Å². The summed E-state index contributed by atoms with van der Waals surface area (Å²) in [7, 11) is 6.13. The summed E-state index contributed by atoms with van der Waals surface area (Å²) < 4.78 is 0. The van der Waals surface area contributed by atoms with Gasteiger partial charge in [0.2, 0.25) is 5.91 Å². The van der Waals surface area contributed by atoms with Gasteiger partial charge >= 0.3 is 0 Å². The molecule has 3 unspecified atom stereocenters. The van der Waals surface area contributed by atoms with E-state index in [0.29, 0.717) is 17.9 Å². The summed E-state index contributed by atoms with van der Waals surface area (Å²) in [4.78, 5) is 16.6. The van der Waals surface area contributed by atoms with E-state index in [1.54, 1.807) is 0 Å². The molecule has 0 aromatic rings. The van der Waals surface area contributed by atoms with Crippen molar-refractivity contribution in [3.63, 3.8) is 0 Å². The van der Waals surface area contributed by atoms with Crippen molar-refractivity contribution in [1.82, 2.24) is 15.1 Å². The van der Waals surface area contributed by atoms with Crippen LogP contribution < -0.4 is 11.1 Å². The van der Waals surface area contributed by atoms with E-state index < -0.39 is 5.54 Å². The molecule has 0 radical (unpaired) electrons. The Morgan fingerprint density at radius 2 is 2.05 bits per heavy atom. The van der Waals surface area contributed by atoms with Crippen molar-refractivity contribution in [1.29, 1.82) is 0 Å². The number of primary amides is 1. The number of likely N-dealkylation sites (tertiary alicyclic amines) is 1. The molecule has 1 aliphatic carbocycles. The molecule has 5 heteroatoms. The van der Waals surface area contributed by atoms with Gasteiger partial charge in [-0.1, -0.05) is 6.92 Å². The Hall–Kier alpha value is -0.650. The lowest BCUT2D eigenvalue weighted by Crippen LogP contribution is -2.62. The standard InChI is InChI=1S/C14H28N4O/c1-10-7-18(8-12(10)17(3)4)9-14(16-2,13(15)19)11-5-6-11/h10-12,16H,5-9H2,1-4H3,(H2,15,19). The molecule has 1 saturated carbocycles. The fraction of sp³-hybridized carbons (Fsp3) is 0.929. The van der Waals surface area contributed by atoms with Crippen molar-refractivity contribution in [3.05, 3.63) is 0 Å². The van der Waals surface area contributed by atoms with E-state index in [-0.39, 0.29) is 5.91 Å². The lowest BCUT2D eigenvalue weighted by atomic mass is 9.91. The molecule has 19 heavy (non-hydrogen) atoms. The Kier molecular flexibility index (Phi) is 4.18. The van der Waals surface area contributed by atoms with Crippen LogP contribution in [0.25, 0.3) is 0 Å². The maximum atomic E-state index is 11.9. The highest BCUT2D eigenvalue weighted by Gasteiger charge is 2.50. The number of carbonyl (C=O) groups is 1. The third kappa shape index (κ3) is 2.78. The zero-order valence-electron chi connectivity index (χ0n) is 12.6. The third-order valence-electron chi connectivity index (χ3n) is 4.94. The topological polar surface area (TPSA) is 61.6 Å². The molecule has 1 aliphatic heterocycles. The molecule has 0 bridgehead atoms. The normalized spacial score (nSPS) is 31.6. The Bertz CT molecular complexity index is 342. The van der Waals surface area contributed by atoms with E-state index in [1.165, 1.54) is 0 Å². The van der Waals surface area contributed by atoms with Crippen LogP contribution in [0.5, 0.6) is 0 Å².